The van der Waals surface area contributed by atoms with Crippen LogP contribution in [0.2, 0.25) is 0 Å². The molecular weight excluding hydrogens is 156 g/mol. The highest BCUT2D eigenvalue weighted by Gasteiger charge is 2.34. The van der Waals surface area contributed by atoms with Crippen molar-refractivity contribution in [1.82, 2.24) is 4.90 Å². The predicted molar refractivity (Wildman–Crippen MR) is 45.4 cm³/mol. The van der Waals surface area contributed by atoms with Gasteiger partial charge in [0.15, 0.2) is 0 Å². The van der Waals surface area contributed by atoms with Crippen molar-refractivity contribution in [2.75, 3.05) is 19.6 Å². The Labute approximate surface area is 72.3 Å². The van der Waals surface area contributed by atoms with Gasteiger partial charge < -0.3 is 10.8 Å². The Morgan fingerprint density at radius 1 is 1.67 bits per heavy atom. The zero-order chi connectivity index (χ0) is 9.14. The zero-order valence-electron chi connectivity index (χ0n) is 7.36. The van der Waals surface area contributed by atoms with Crippen LogP contribution in [0.25, 0.3) is 0 Å². The summed E-state index contributed by atoms with van der Waals surface area (Å²) in [7, 11) is 0. The molecule has 1 heterocycles. The van der Waals surface area contributed by atoms with Crippen molar-refractivity contribution in [2.24, 2.45) is 11.7 Å². The summed E-state index contributed by atoms with van der Waals surface area (Å²) in [6, 6.07) is 0. The number of hydrogen-bond acceptors (Lipinski definition) is 3. The summed E-state index contributed by atoms with van der Waals surface area (Å²) in [5.74, 6) is -0.752. The highest BCUT2D eigenvalue weighted by molar-refractivity contribution is 5.77. The van der Waals surface area contributed by atoms with Gasteiger partial charge in [0.25, 0.3) is 0 Å². The lowest BCUT2D eigenvalue weighted by atomic mass is 10.1. The molecule has 0 radical (unpaired) electrons. The van der Waals surface area contributed by atoms with Gasteiger partial charge in [-0.3, -0.25) is 9.69 Å². The fourth-order valence-electron chi connectivity index (χ4n) is 1.64. The maximum atomic E-state index is 10.8. The zero-order valence-corrected chi connectivity index (χ0v) is 7.36. The molecule has 1 fully saturated rings. The fourth-order valence-corrected chi connectivity index (χ4v) is 1.64. The number of amides is 1. The number of carbonyl (C=O) groups is 1. The van der Waals surface area contributed by atoms with Crippen LogP contribution in [0.15, 0.2) is 0 Å². The van der Waals surface area contributed by atoms with Crippen molar-refractivity contribution in [3.05, 3.63) is 0 Å². The van der Waals surface area contributed by atoms with Gasteiger partial charge in [-0.1, -0.05) is 6.92 Å². The SMILES string of the molecule is CCCN1CC(O)C(C(N)=O)C1. The van der Waals surface area contributed by atoms with E-state index in [1.807, 2.05) is 0 Å². The molecule has 0 aromatic heterocycles. The molecule has 0 saturated carbocycles. The molecule has 1 saturated heterocycles. The van der Waals surface area contributed by atoms with Gasteiger partial charge in [-0.15, -0.1) is 0 Å². The standard InChI is InChI=1S/C8H16N2O2/c1-2-3-10-4-6(8(9)12)7(11)5-10/h6-7,11H,2-5H2,1H3,(H2,9,12). The summed E-state index contributed by atoms with van der Waals surface area (Å²) in [5.41, 5.74) is 5.12. The molecule has 2 unspecified atom stereocenters. The largest absolute Gasteiger partial charge is 0.391 e. The second-order valence-corrected chi connectivity index (χ2v) is 3.34. The number of nitrogens with zero attached hydrogens (tertiary/aromatic N) is 1. The molecule has 1 rings (SSSR count). The van der Waals surface area contributed by atoms with E-state index in [1.54, 1.807) is 0 Å². The summed E-state index contributed by atoms with van der Waals surface area (Å²) >= 11 is 0. The third kappa shape index (κ3) is 1.95. The first-order valence-electron chi connectivity index (χ1n) is 4.35. The van der Waals surface area contributed by atoms with Gasteiger partial charge in [-0.25, -0.2) is 0 Å². The van der Waals surface area contributed by atoms with Crippen molar-refractivity contribution in [3.63, 3.8) is 0 Å². The number of aliphatic hydroxyl groups is 1. The van der Waals surface area contributed by atoms with Gasteiger partial charge in [-0.2, -0.15) is 0 Å². The molecule has 0 spiro atoms. The van der Waals surface area contributed by atoms with E-state index in [0.29, 0.717) is 13.1 Å². The van der Waals surface area contributed by atoms with Crippen molar-refractivity contribution < 1.29 is 9.90 Å². The molecule has 70 valence electrons. The van der Waals surface area contributed by atoms with Gasteiger partial charge >= 0.3 is 0 Å². The van der Waals surface area contributed by atoms with E-state index in [-0.39, 0.29) is 11.8 Å². The van der Waals surface area contributed by atoms with Crippen molar-refractivity contribution >= 4 is 5.91 Å². The minimum Gasteiger partial charge on any atom is -0.391 e. The van der Waals surface area contributed by atoms with Crippen molar-refractivity contribution in [1.29, 1.82) is 0 Å². The smallest absolute Gasteiger partial charge is 0.224 e. The molecule has 0 bridgehead atoms. The molecule has 0 aliphatic carbocycles. The highest BCUT2D eigenvalue weighted by Crippen LogP contribution is 2.16. The minimum absolute atomic E-state index is 0.364. The number of β-amino-alcohol motifs (C(OH)–C–C–N with tert-alkyl or cyclic N) is 1. The van der Waals surface area contributed by atoms with E-state index in [2.05, 4.69) is 11.8 Å². The first kappa shape index (κ1) is 9.48. The number of likely N-dealkylation sites (tertiary alicyclic amines) is 1. The van der Waals surface area contributed by atoms with Gasteiger partial charge in [0.2, 0.25) is 5.91 Å². The fraction of sp³-hybridized carbons (Fsp3) is 0.875. The van der Waals surface area contributed by atoms with Crippen LogP contribution in [0.4, 0.5) is 0 Å². The Kier molecular flexibility index (Phi) is 3.05. The average molecular weight is 172 g/mol. The Morgan fingerprint density at radius 2 is 2.33 bits per heavy atom. The van der Waals surface area contributed by atoms with Crippen molar-refractivity contribution in [2.45, 2.75) is 19.4 Å². The van der Waals surface area contributed by atoms with Gasteiger partial charge in [0, 0.05) is 13.1 Å². The molecule has 1 aliphatic heterocycles. The van der Waals surface area contributed by atoms with Crippen LogP contribution < -0.4 is 5.73 Å². The molecular formula is C8H16N2O2. The van der Waals surface area contributed by atoms with Crippen LogP contribution in [-0.2, 0) is 4.79 Å². The Morgan fingerprint density at radius 3 is 2.75 bits per heavy atom. The van der Waals surface area contributed by atoms with E-state index in [1.165, 1.54) is 0 Å². The van der Waals surface area contributed by atoms with Crippen molar-refractivity contribution in [3.8, 4) is 0 Å². The van der Waals surface area contributed by atoms with Gasteiger partial charge in [0.05, 0.1) is 12.0 Å². The minimum atomic E-state index is -0.561. The molecule has 4 heteroatoms. The van der Waals surface area contributed by atoms with Crippen LogP contribution in [-0.4, -0.2) is 41.7 Å². The predicted octanol–water partition coefficient (Wildman–Crippen LogP) is -0.826. The van der Waals surface area contributed by atoms with Gasteiger partial charge in [0.1, 0.15) is 0 Å². The lowest BCUT2D eigenvalue weighted by Gasteiger charge is -2.12. The number of primary amides is 1. The topological polar surface area (TPSA) is 66.6 Å². The first-order valence-corrected chi connectivity index (χ1v) is 4.35. The van der Waals surface area contributed by atoms with E-state index in [9.17, 15) is 9.90 Å². The molecule has 3 N–H and O–H groups in total. The quantitative estimate of drug-likeness (QED) is 0.584. The molecule has 1 amide bonds. The molecule has 2 atom stereocenters. The maximum absolute atomic E-state index is 10.8. The summed E-state index contributed by atoms with van der Waals surface area (Å²) < 4.78 is 0. The Balaban J connectivity index is 2.44. The molecule has 4 nitrogen and oxygen atoms in total. The average Bonchev–Trinajstić information content (AvgIpc) is 2.32. The van der Waals surface area contributed by atoms with Crippen LogP contribution in [0.5, 0.6) is 0 Å². The highest BCUT2D eigenvalue weighted by atomic mass is 16.3. The normalized spacial score (nSPS) is 30.8. The third-order valence-electron chi connectivity index (χ3n) is 2.27. The molecule has 12 heavy (non-hydrogen) atoms. The van der Waals surface area contributed by atoms with Gasteiger partial charge in [-0.05, 0) is 13.0 Å². The third-order valence-corrected chi connectivity index (χ3v) is 2.27. The number of aliphatic hydroxyl groups excluding tert-OH is 1. The van der Waals surface area contributed by atoms with Crippen LogP contribution >= 0.6 is 0 Å². The number of carbonyl (C=O) groups excluding carboxylic acids is 1. The summed E-state index contributed by atoms with van der Waals surface area (Å²) in [6.45, 7) is 4.20. The van der Waals surface area contributed by atoms with E-state index in [4.69, 9.17) is 5.73 Å². The lowest BCUT2D eigenvalue weighted by molar-refractivity contribution is -0.123. The van der Waals surface area contributed by atoms with E-state index in [0.717, 1.165) is 13.0 Å². The summed E-state index contributed by atoms with van der Waals surface area (Å²) in [6.07, 6.45) is 0.479. The number of hydrogen-bond donors (Lipinski definition) is 2. The monoisotopic (exact) mass is 172 g/mol. The van der Waals surface area contributed by atoms with E-state index < -0.39 is 6.10 Å². The second kappa shape index (κ2) is 3.87. The Hall–Kier alpha value is -0.610. The Bertz CT molecular complexity index is 172. The van der Waals surface area contributed by atoms with Crippen LogP contribution in [0, 0.1) is 5.92 Å². The second-order valence-electron chi connectivity index (χ2n) is 3.34. The molecule has 0 aromatic carbocycles. The summed E-state index contributed by atoms with van der Waals surface area (Å²) in [5, 5.41) is 9.41. The lowest BCUT2D eigenvalue weighted by Crippen LogP contribution is -2.32. The molecule has 0 aromatic rings. The maximum Gasteiger partial charge on any atom is 0.224 e. The number of rotatable bonds is 3. The first-order chi connectivity index (χ1) is 5.65. The van der Waals surface area contributed by atoms with Crippen LogP contribution in [0.3, 0.4) is 0 Å². The van der Waals surface area contributed by atoms with E-state index >= 15 is 0 Å². The molecule has 1 aliphatic rings. The number of nitrogens with two attached hydrogens (primary N) is 1. The van der Waals surface area contributed by atoms with Crippen LogP contribution in [0.1, 0.15) is 13.3 Å². The summed E-state index contributed by atoms with van der Waals surface area (Å²) in [4.78, 5) is 12.9.